The molecule has 3 aromatic carbocycles. The Kier molecular flexibility index (Phi) is 10.3. The monoisotopic (exact) mass is 565 g/mol. The molecule has 3 aromatic rings. The maximum Gasteiger partial charge on any atom is 0.264 e. The first-order chi connectivity index (χ1) is 19.0. The van der Waals surface area contributed by atoms with Crippen LogP contribution < -0.4 is 14.4 Å². The summed E-state index contributed by atoms with van der Waals surface area (Å²) in [4.78, 5) is 28.7. The minimum Gasteiger partial charge on any atom is -0.497 e. The van der Waals surface area contributed by atoms with E-state index in [1.807, 2.05) is 52.0 Å². The Bertz CT molecular complexity index is 1420. The third-order valence-electron chi connectivity index (χ3n) is 6.83. The summed E-state index contributed by atoms with van der Waals surface area (Å²) < 4.78 is 34.3. The number of ether oxygens (including phenoxy) is 1. The van der Waals surface area contributed by atoms with Gasteiger partial charge in [0, 0.05) is 18.7 Å². The summed E-state index contributed by atoms with van der Waals surface area (Å²) in [6.07, 6.45) is 0.739. The van der Waals surface area contributed by atoms with Crippen LogP contribution in [0.15, 0.2) is 77.7 Å². The van der Waals surface area contributed by atoms with Gasteiger partial charge >= 0.3 is 0 Å². The summed E-state index contributed by atoms with van der Waals surface area (Å²) >= 11 is 0. The van der Waals surface area contributed by atoms with E-state index in [2.05, 4.69) is 5.32 Å². The average Bonchev–Trinajstić information content (AvgIpc) is 2.94. The Morgan fingerprint density at radius 2 is 1.60 bits per heavy atom. The number of rotatable bonds is 12. The van der Waals surface area contributed by atoms with E-state index in [-0.39, 0.29) is 29.1 Å². The number of methoxy groups -OCH3 is 1. The van der Waals surface area contributed by atoms with E-state index in [4.69, 9.17) is 4.74 Å². The second-order valence-corrected chi connectivity index (χ2v) is 11.9. The van der Waals surface area contributed by atoms with Crippen LogP contribution in [0, 0.1) is 13.8 Å². The highest BCUT2D eigenvalue weighted by Crippen LogP contribution is 2.28. The van der Waals surface area contributed by atoms with Crippen molar-refractivity contribution < 1.29 is 22.7 Å². The third kappa shape index (κ3) is 7.63. The van der Waals surface area contributed by atoms with E-state index < -0.39 is 28.5 Å². The lowest BCUT2D eigenvalue weighted by Crippen LogP contribution is -2.52. The molecule has 2 unspecified atom stereocenters. The predicted molar refractivity (Wildman–Crippen MR) is 158 cm³/mol. The second kappa shape index (κ2) is 13.5. The summed E-state index contributed by atoms with van der Waals surface area (Å²) in [5.41, 5.74) is 3.04. The zero-order chi connectivity index (χ0) is 29.4. The van der Waals surface area contributed by atoms with Crippen LogP contribution in [0.5, 0.6) is 5.75 Å². The van der Waals surface area contributed by atoms with E-state index in [0.717, 1.165) is 27.4 Å². The van der Waals surface area contributed by atoms with Crippen molar-refractivity contribution in [2.45, 2.75) is 64.6 Å². The molecule has 2 amide bonds. The minimum absolute atomic E-state index is 0.0570. The van der Waals surface area contributed by atoms with Crippen molar-refractivity contribution >= 4 is 27.5 Å². The van der Waals surface area contributed by atoms with Crippen molar-refractivity contribution in [1.29, 1.82) is 0 Å². The molecule has 0 heterocycles. The number of aryl methyl sites for hydroxylation is 2. The fraction of sp³-hybridized carbons (Fsp3) is 0.355. The fourth-order valence-electron chi connectivity index (χ4n) is 4.19. The molecule has 1 N–H and O–H groups in total. The van der Waals surface area contributed by atoms with Crippen LogP contribution in [0.2, 0.25) is 0 Å². The summed E-state index contributed by atoms with van der Waals surface area (Å²) in [6.45, 7) is 8.99. The van der Waals surface area contributed by atoms with Crippen molar-refractivity contribution in [2.24, 2.45) is 0 Å². The first-order valence-corrected chi connectivity index (χ1v) is 14.8. The van der Waals surface area contributed by atoms with Gasteiger partial charge in [0.15, 0.2) is 0 Å². The number of nitrogens with zero attached hydrogens (tertiary/aromatic N) is 2. The highest BCUT2D eigenvalue weighted by Gasteiger charge is 2.33. The summed E-state index contributed by atoms with van der Waals surface area (Å²) in [7, 11) is -2.65. The van der Waals surface area contributed by atoms with Gasteiger partial charge in [-0.1, -0.05) is 60.5 Å². The molecule has 0 aromatic heterocycles. The molecular weight excluding hydrogens is 526 g/mol. The third-order valence-corrected chi connectivity index (χ3v) is 8.62. The van der Waals surface area contributed by atoms with Crippen LogP contribution >= 0.6 is 0 Å². The van der Waals surface area contributed by atoms with Crippen molar-refractivity contribution in [2.75, 3.05) is 18.0 Å². The maximum atomic E-state index is 14.0. The van der Waals surface area contributed by atoms with Gasteiger partial charge in [-0.05, 0) is 63.9 Å². The molecule has 0 bridgehead atoms. The number of nitrogens with one attached hydrogen (secondary N) is 1. The van der Waals surface area contributed by atoms with Gasteiger partial charge in [-0.15, -0.1) is 0 Å². The molecule has 0 aliphatic heterocycles. The molecule has 0 spiro atoms. The highest BCUT2D eigenvalue weighted by molar-refractivity contribution is 7.92. The molecule has 40 heavy (non-hydrogen) atoms. The standard InChI is InChI=1S/C31H39N3O5S/c1-7-24(4)32-31(36)25(5)33(20-26-11-8-10-23(3)18-26)30(35)21-34(27-12-9-13-28(19-27)39-6)40(37,38)29-16-14-22(2)15-17-29/h8-19,24-25H,7,20-21H2,1-6H3,(H,32,36). The molecule has 0 fully saturated rings. The minimum atomic E-state index is -4.14. The first kappa shape index (κ1) is 30.7. The van der Waals surface area contributed by atoms with E-state index in [1.54, 1.807) is 43.3 Å². The highest BCUT2D eigenvalue weighted by atomic mass is 32.2. The van der Waals surface area contributed by atoms with Gasteiger partial charge in [0.1, 0.15) is 18.3 Å². The smallest absolute Gasteiger partial charge is 0.264 e. The van der Waals surface area contributed by atoms with Gasteiger partial charge in [-0.25, -0.2) is 8.42 Å². The number of benzene rings is 3. The molecular formula is C31H39N3O5S. The quantitative estimate of drug-likeness (QED) is 0.339. The van der Waals surface area contributed by atoms with Crippen LogP contribution in [-0.4, -0.2) is 50.9 Å². The van der Waals surface area contributed by atoms with Crippen LogP contribution in [0.4, 0.5) is 5.69 Å². The number of carbonyl (C=O) groups is 2. The van der Waals surface area contributed by atoms with Crippen LogP contribution in [0.25, 0.3) is 0 Å². The SMILES string of the molecule is CCC(C)NC(=O)C(C)N(Cc1cccc(C)c1)C(=O)CN(c1cccc(OC)c1)S(=O)(=O)c1ccc(C)cc1. The number of hydrogen-bond donors (Lipinski definition) is 1. The largest absolute Gasteiger partial charge is 0.497 e. The van der Waals surface area contributed by atoms with Gasteiger partial charge in [-0.2, -0.15) is 0 Å². The first-order valence-electron chi connectivity index (χ1n) is 13.3. The molecule has 0 radical (unpaired) electrons. The van der Waals surface area contributed by atoms with E-state index >= 15 is 0 Å². The number of sulfonamides is 1. The molecule has 0 aliphatic carbocycles. The Hall–Kier alpha value is -3.85. The predicted octanol–water partition coefficient (Wildman–Crippen LogP) is 4.84. The lowest BCUT2D eigenvalue weighted by atomic mass is 10.1. The number of amides is 2. The lowest BCUT2D eigenvalue weighted by Gasteiger charge is -2.32. The van der Waals surface area contributed by atoms with Gasteiger partial charge in [0.2, 0.25) is 11.8 Å². The fourth-order valence-corrected chi connectivity index (χ4v) is 5.59. The molecule has 0 saturated heterocycles. The van der Waals surface area contributed by atoms with Crippen molar-refractivity contribution in [3.05, 3.63) is 89.5 Å². The lowest BCUT2D eigenvalue weighted by molar-refractivity contribution is -0.139. The number of anilines is 1. The number of hydrogen-bond acceptors (Lipinski definition) is 5. The summed E-state index contributed by atoms with van der Waals surface area (Å²) in [5.74, 6) is -0.358. The molecule has 0 aliphatic rings. The van der Waals surface area contributed by atoms with Crippen molar-refractivity contribution in [3.8, 4) is 5.75 Å². The Morgan fingerprint density at radius 3 is 2.23 bits per heavy atom. The van der Waals surface area contributed by atoms with Crippen LogP contribution in [0.1, 0.15) is 43.9 Å². The molecule has 2 atom stereocenters. The van der Waals surface area contributed by atoms with E-state index in [0.29, 0.717) is 5.75 Å². The summed E-state index contributed by atoms with van der Waals surface area (Å²) in [5, 5.41) is 2.94. The Balaban J connectivity index is 2.05. The van der Waals surface area contributed by atoms with Gasteiger partial charge < -0.3 is 15.0 Å². The van der Waals surface area contributed by atoms with Crippen molar-refractivity contribution in [3.63, 3.8) is 0 Å². The average molecular weight is 566 g/mol. The molecule has 3 rings (SSSR count). The zero-order valence-electron chi connectivity index (χ0n) is 24.0. The Labute approximate surface area is 238 Å². The van der Waals surface area contributed by atoms with E-state index in [9.17, 15) is 18.0 Å². The normalized spacial score (nSPS) is 12.8. The zero-order valence-corrected chi connectivity index (χ0v) is 24.9. The molecule has 0 saturated carbocycles. The molecule has 9 heteroatoms. The van der Waals surface area contributed by atoms with Gasteiger partial charge in [0.25, 0.3) is 10.0 Å². The molecule has 214 valence electrons. The van der Waals surface area contributed by atoms with Gasteiger partial charge in [-0.3, -0.25) is 13.9 Å². The maximum absolute atomic E-state index is 14.0. The molecule has 8 nitrogen and oxygen atoms in total. The van der Waals surface area contributed by atoms with E-state index in [1.165, 1.54) is 24.1 Å². The van der Waals surface area contributed by atoms with Crippen LogP contribution in [0.3, 0.4) is 0 Å². The summed E-state index contributed by atoms with van der Waals surface area (Å²) in [6, 6.07) is 19.8. The van der Waals surface area contributed by atoms with Gasteiger partial charge in [0.05, 0.1) is 17.7 Å². The van der Waals surface area contributed by atoms with Crippen molar-refractivity contribution in [1.82, 2.24) is 10.2 Å². The topological polar surface area (TPSA) is 96.0 Å². The Morgan fingerprint density at radius 1 is 0.925 bits per heavy atom. The van der Waals surface area contributed by atoms with Crippen LogP contribution in [-0.2, 0) is 26.2 Å². The second-order valence-electron chi connectivity index (χ2n) is 10.0. The number of carbonyl (C=O) groups excluding carboxylic acids is 2.